The minimum absolute atomic E-state index is 0.110. The second-order valence-electron chi connectivity index (χ2n) is 2.91. The standard InChI is InChI=1S/C10H9Br2FO/c11-5-9(14)4-8-2-1-7(6-13)3-10(8)12/h1-3H,4-6H2. The van der Waals surface area contributed by atoms with Crippen LogP contribution in [0.5, 0.6) is 0 Å². The van der Waals surface area contributed by atoms with Gasteiger partial charge in [0.1, 0.15) is 12.5 Å². The minimum Gasteiger partial charge on any atom is -0.298 e. The molecule has 0 aromatic heterocycles. The molecule has 0 atom stereocenters. The molecule has 0 amide bonds. The van der Waals surface area contributed by atoms with E-state index in [4.69, 9.17) is 0 Å². The van der Waals surface area contributed by atoms with Crippen LogP contribution in [0.1, 0.15) is 11.1 Å². The van der Waals surface area contributed by atoms with E-state index in [1.54, 1.807) is 18.2 Å². The van der Waals surface area contributed by atoms with Crippen LogP contribution >= 0.6 is 31.9 Å². The molecule has 0 aliphatic heterocycles. The van der Waals surface area contributed by atoms with Gasteiger partial charge in [-0.2, -0.15) is 0 Å². The summed E-state index contributed by atoms with van der Waals surface area (Å²) < 4.78 is 13.1. The third kappa shape index (κ3) is 3.17. The lowest BCUT2D eigenvalue weighted by Gasteiger charge is -2.03. The molecule has 1 rings (SSSR count). The van der Waals surface area contributed by atoms with Crippen molar-refractivity contribution in [3.05, 3.63) is 33.8 Å². The smallest absolute Gasteiger partial charge is 0.147 e. The fourth-order valence-corrected chi connectivity index (χ4v) is 1.84. The molecule has 0 unspecified atom stereocenters. The maximum atomic E-state index is 12.3. The number of carbonyl (C=O) groups is 1. The van der Waals surface area contributed by atoms with Crippen LogP contribution < -0.4 is 0 Å². The summed E-state index contributed by atoms with van der Waals surface area (Å²) >= 11 is 6.41. The molecule has 0 spiro atoms. The molecule has 14 heavy (non-hydrogen) atoms. The predicted molar refractivity (Wildman–Crippen MR) is 61.5 cm³/mol. The van der Waals surface area contributed by atoms with Crippen LogP contribution in [0.4, 0.5) is 4.39 Å². The summed E-state index contributed by atoms with van der Waals surface area (Å²) in [7, 11) is 0. The number of ketones is 1. The predicted octanol–water partition coefficient (Wildman–Crippen LogP) is 3.43. The fourth-order valence-electron chi connectivity index (χ4n) is 1.08. The van der Waals surface area contributed by atoms with E-state index in [-0.39, 0.29) is 5.78 Å². The van der Waals surface area contributed by atoms with Gasteiger partial charge in [0.2, 0.25) is 0 Å². The largest absolute Gasteiger partial charge is 0.298 e. The molecule has 4 heteroatoms. The Hall–Kier alpha value is -0.220. The van der Waals surface area contributed by atoms with Gasteiger partial charge >= 0.3 is 0 Å². The first-order chi connectivity index (χ1) is 6.67. The highest BCUT2D eigenvalue weighted by molar-refractivity contribution is 9.10. The van der Waals surface area contributed by atoms with Crippen molar-refractivity contribution in [1.29, 1.82) is 0 Å². The lowest BCUT2D eigenvalue weighted by atomic mass is 10.1. The van der Waals surface area contributed by atoms with Gasteiger partial charge in [0.15, 0.2) is 0 Å². The summed E-state index contributed by atoms with van der Waals surface area (Å²) in [6.45, 7) is -0.481. The second-order valence-corrected chi connectivity index (χ2v) is 4.32. The molecule has 0 N–H and O–H groups in total. The Labute approximate surface area is 99.0 Å². The normalized spacial score (nSPS) is 10.2. The molecule has 0 aliphatic rings. The Morgan fingerprint density at radius 1 is 1.43 bits per heavy atom. The first kappa shape index (κ1) is 11.9. The fraction of sp³-hybridized carbons (Fsp3) is 0.300. The molecule has 1 aromatic carbocycles. The molecular weight excluding hydrogens is 315 g/mol. The number of Topliss-reactive ketones (excluding diaryl/α,β-unsaturated/α-hetero) is 1. The third-order valence-electron chi connectivity index (χ3n) is 1.81. The van der Waals surface area contributed by atoms with E-state index in [2.05, 4.69) is 31.9 Å². The molecule has 0 bridgehead atoms. The van der Waals surface area contributed by atoms with Crippen molar-refractivity contribution in [1.82, 2.24) is 0 Å². The van der Waals surface area contributed by atoms with Crippen LogP contribution in [0.15, 0.2) is 22.7 Å². The van der Waals surface area contributed by atoms with Gasteiger partial charge in [-0.3, -0.25) is 4.79 Å². The molecule has 0 radical (unpaired) electrons. The summed E-state index contributed by atoms with van der Waals surface area (Å²) in [5.41, 5.74) is 1.51. The molecule has 0 saturated carbocycles. The molecule has 0 aliphatic carbocycles. The van der Waals surface area contributed by atoms with Crippen molar-refractivity contribution in [3.63, 3.8) is 0 Å². The van der Waals surface area contributed by atoms with Crippen LogP contribution in [0, 0.1) is 0 Å². The average Bonchev–Trinajstić information content (AvgIpc) is 2.20. The van der Waals surface area contributed by atoms with Gasteiger partial charge in [-0.05, 0) is 17.2 Å². The number of rotatable bonds is 4. The third-order valence-corrected chi connectivity index (χ3v) is 3.17. The topological polar surface area (TPSA) is 17.1 Å². The summed E-state index contributed by atoms with van der Waals surface area (Å²) in [5, 5.41) is 0.351. The summed E-state index contributed by atoms with van der Waals surface area (Å²) in [6.07, 6.45) is 0.373. The highest BCUT2D eigenvalue weighted by Gasteiger charge is 2.06. The average molecular weight is 324 g/mol. The molecule has 0 heterocycles. The van der Waals surface area contributed by atoms with Crippen molar-refractivity contribution in [2.24, 2.45) is 0 Å². The maximum Gasteiger partial charge on any atom is 0.147 e. The number of alkyl halides is 2. The Kier molecular flexibility index (Phi) is 4.75. The Balaban J connectivity index is 2.83. The number of carbonyl (C=O) groups excluding carboxylic acids is 1. The SMILES string of the molecule is O=C(CBr)Cc1ccc(CF)cc1Br. The van der Waals surface area contributed by atoms with Crippen LogP contribution in [0.25, 0.3) is 0 Å². The monoisotopic (exact) mass is 322 g/mol. The second kappa shape index (κ2) is 5.61. The van der Waals surface area contributed by atoms with Crippen molar-refractivity contribution >= 4 is 37.6 Å². The van der Waals surface area contributed by atoms with Crippen LogP contribution in [0.2, 0.25) is 0 Å². The van der Waals surface area contributed by atoms with Gasteiger partial charge in [0.25, 0.3) is 0 Å². The maximum absolute atomic E-state index is 12.3. The highest BCUT2D eigenvalue weighted by atomic mass is 79.9. The van der Waals surface area contributed by atoms with Gasteiger partial charge in [-0.1, -0.05) is 44.0 Å². The van der Waals surface area contributed by atoms with E-state index >= 15 is 0 Å². The molecule has 0 saturated heterocycles. The van der Waals surface area contributed by atoms with E-state index in [1.807, 2.05) is 0 Å². The zero-order valence-electron chi connectivity index (χ0n) is 7.40. The Bertz CT molecular complexity index is 339. The van der Waals surface area contributed by atoms with Gasteiger partial charge < -0.3 is 0 Å². The molecule has 1 aromatic rings. The minimum atomic E-state index is -0.481. The lowest BCUT2D eigenvalue weighted by Crippen LogP contribution is -2.04. The van der Waals surface area contributed by atoms with Crippen LogP contribution in [-0.2, 0) is 17.9 Å². The van der Waals surface area contributed by atoms with Gasteiger partial charge in [-0.25, -0.2) is 4.39 Å². The Morgan fingerprint density at radius 2 is 2.14 bits per heavy atom. The lowest BCUT2D eigenvalue weighted by molar-refractivity contribution is -0.115. The zero-order valence-corrected chi connectivity index (χ0v) is 10.6. The van der Waals surface area contributed by atoms with E-state index in [1.165, 1.54) is 0 Å². The van der Waals surface area contributed by atoms with Gasteiger partial charge in [0.05, 0.1) is 5.33 Å². The van der Waals surface area contributed by atoms with Gasteiger partial charge in [-0.15, -0.1) is 0 Å². The summed E-state index contributed by atoms with van der Waals surface area (Å²) in [4.78, 5) is 11.1. The quantitative estimate of drug-likeness (QED) is 0.776. The number of hydrogen-bond acceptors (Lipinski definition) is 1. The van der Waals surface area contributed by atoms with E-state index in [9.17, 15) is 9.18 Å². The van der Waals surface area contributed by atoms with Gasteiger partial charge in [0, 0.05) is 10.9 Å². The van der Waals surface area contributed by atoms with E-state index in [0.717, 1.165) is 10.0 Å². The molecule has 76 valence electrons. The van der Waals surface area contributed by atoms with E-state index < -0.39 is 6.67 Å². The summed E-state index contributed by atoms with van der Waals surface area (Å²) in [5.74, 6) is 0.110. The Morgan fingerprint density at radius 3 is 2.64 bits per heavy atom. The van der Waals surface area contributed by atoms with Crippen molar-refractivity contribution in [2.75, 3.05) is 5.33 Å². The van der Waals surface area contributed by atoms with E-state index in [0.29, 0.717) is 17.3 Å². The molecular formula is C10H9Br2FO. The first-order valence-corrected chi connectivity index (χ1v) is 5.99. The zero-order chi connectivity index (χ0) is 10.6. The van der Waals surface area contributed by atoms with Crippen LogP contribution in [0.3, 0.4) is 0 Å². The van der Waals surface area contributed by atoms with Crippen molar-refractivity contribution in [2.45, 2.75) is 13.1 Å². The van der Waals surface area contributed by atoms with Crippen molar-refractivity contribution < 1.29 is 9.18 Å². The van der Waals surface area contributed by atoms with Crippen LogP contribution in [-0.4, -0.2) is 11.1 Å². The first-order valence-electron chi connectivity index (χ1n) is 4.08. The summed E-state index contributed by atoms with van der Waals surface area (Å²) in [6, 6.07) is 5.18. The number of halogens is 3. The molecule has 0 fully saturated rings. The van der Waals surface area contributed by atoms with Crippen molar-refractivity contribution in [3.8, 4) is 0 Å². The number of benzene rings is 1. The number of hydrogen-bond donors (Lipinski definition) is 0. The molecule has 1 nitrogen and oxygen atoms in total. The highest BCUT2D eigenvalue weighted by Crippen LogP contribution is 2.20.